The predicted octanol–water partition coefficient (Wildman–Crippen LogP) is 7.81. The Morgan fingerprint density at radius 1 is 0.879 bits per heavy atom. The summed E-state index contributed by atoms with van der Waals surface area (Å²) in [7, 11) is 0. The van der Waals surface area contributed by atoms with Gasteiger partial charge in [-0.05, 0) is 73.9 Å². The number of hydrogen-bond acceptors (Lipinski definition) is 1. The third-order valence-corrected chi connectivity index (χ3v) is 8.10. The first-order valence-electron chi connectivity index (χ1n) is 13.3. The van der Waals surface area contributed by atoms with Gasteiger partial charge >= 0.3 is 0 Å². The maximum absolute atomic E-state index is 14.3. The lowest BCUT2D eigenvalue weighted by molar-refractivity contribution is 0.322. The van der Waals surface area contributed by atoms with E-state index < -0.39 is 0 Å². The molecular formula is C30H39FN2. The Labute approximate surface area is 198 Å². The molecule has 1 unspecified atom stereocenters. The van der Waals surface area contributed by atoms with E-state index in [4.69, 9.17) is 0 Å². The number of hydrogen-bond donors (Lipinski definition) is 1. The molecule has 2 fully saturated rings. The highest BCUT2D eigenvalue weighted by Gasteiger charge is 2.23. The highest BCUT2D eigenvalue weighted by Crippen LogP contribution is 2.36. The van der Waals surface area contributed by atoms with E-state index in [1.165, 1.54) is 80.7 Å². The van der Waals surface area contributed by atoms with Gasteiger partial charge in [0.05, 0.1) is 0 Å². The van der Waals surface area contributed by atoms with Crippen LogP contribution in [0.2, 0.25) is 0 Å². The van der Waals surface area contributed by atoms with Crippen LogP contribution >= 0.6 is 0 Å². The second kappa shape index (κ2) is 10.9. The summed E-state index contributed by atoms with van der Waals surface area (Å²) in [6.45, 7) is 2.09. The molecule has 3 heteroatoms. The minimum Gasteiger partial charge on any atom is -0.347 e. The van der Waals surface area contributed by atoms with Crippen LogP contribution in [0.3, 0.4) is 0 Å². The topological polar surface area (TPSA) is 17.0 Å². The SMILES string of the molecule is Fc1cccc(C(CCNC2CCCCC2)c2cn(CC3CCCCC3)c3ccccc23)c1. The molecule has 2 aromatic carbocycles. The van der Waals surface area contributed by atoms with Gasteiger partial charge in [-0.1, -0.05) is 68.9 Å². The van der Waals surface area contributed by atoms with Crippen LogP contribution in [0.25, 0.3) is 10.9 Å². The number of fused-ring (bicyclic) bond motifs is 1. The van der Waals surface area contributed by atoms with Crippen LogP contribution in [0.5, 0.6) is 0 Å². The predicted molar refractivity (Wildman–Crippen MR) is 136 cm³/mol. The van der Waals surface area contributed by atoms with Crippen LogP contribution in [-0.4, -0.2) is 17.2 Å². The number of halogens is 1. The molecule has 5 rings (SSSR count). The Hall–Kier alpha value is -2.13. The van der Waals surface area contributed by atoms with Gasteiger partial charge in [-0.3, -0.25) is 0 Å². The second-order valence-corrected chi connectivity index (χ2v) is 10.4. The number of nitrogens with one attached hydrogen (secondary N) is 1. The van der Waals surface area contributed by atoms with Gasteiger partial charge in [0.2, 0.25) is 0 Å². The molecule has 0 amide bonds. The van der Waals surface area contributed by atoms with Gasteiger partial charge in [-0.2, -0.15) is 0 Å². The largest absolute Gasteiger partial charge is 0.347 e. The molecule has 0 bridgehead atoms. The van der Waals surface area contributed by atoms with Gasteiger partial charge in [0, 0.05) is 35.6 Å². The third-order valence-electron chi connectivity index (χ3n) is 8.10. The summed E-state index contributed by atoms with van der Waals surface area (Å²) >= 11 is 0. The van der Waals surface area contributed by atoms with Crippen molar-refractivity contribution in [2.24, 2.45) is 5.92 Å². The van der Waals surface area contributed by atoms with E-state index in [1.807, 2.05) is 6.07 Å². The van der Waals surface area contributed by atoms with Gasteiger partial charge < -0.3 is 9.88 Å². The van der Waals surface area contributed by atoms with Crippen LogP contribution in [0.1, 0.15) is 87.7 Å². The van der Waals surface area contributed by atoms with E-state index in [0.717, 1.165) is 31.0 Å². The highest BCUT2D eigenvalue weighted by atomic mass is 19.1. The van der Waals surface area contributed by atoms with Crippen LogP contribution in [0.15, 0.2) is 54.7 Å². The molecule has 176 valence electrons. The van der Waals surface area contributed by atoms with Gasteiger partial charge in [0.25, 0.3) is 0 Å². The van der Waals surface area contributed by atoms with Crippen molar-refractivity contribution >= 4 is 10.9 Å². The van der Waals surface area contributed by atoms with Gasteiger partial charge in [-0.25, -0.2) is 4.39 Å². The van der Waals surface area contributed by atoms with Crippen molar-refractivity contribution in [3.8, 4) is 0 Å². The third kappa shape index (κ3) is 5.51. The molecule has 2 nitrogen and oxygen atoms in total. The molecule has 2 aliphatic carbocycles. The summed E-state index contributed by atoms with van der Waals surface area (Å²) in [5.41, 5.74) is 3.79. The number of para-hydroxylation sites is 1. The number of rotatable bonds is 8. The Morgan fingerprint density at radius 2 is 1.64 bits per heavy atom. The van der Waals surface area contributed by atoms with Crippen molar-refractivity contribution in [3.05, 3.63) is 71.7 Å². The zero-order valence-corrected chi connectivity index (χ0v) is 19.9. The molecule has 1 aromatic heterocycles. The minimum absolute atomic E-state index is 0.135. The van der Waals surface area contributed by atoms with Crippen molar-refractivity contribution in [1.29, 1.82) is 0 Å². The van der Waals surface area contributed by atoms with Crippen molar-refractivity contribution in [3.63, 3.8) is 0 Å². The molecule has 1 N–H and O–H groups in total. The van der Waals surface area contributed by atoms with E-state index in [1.54, 1.807) is 12.1 Å². The van der Waals surface area contributed by atoms with Crippen molar-refractivity contribution in [2.45, 2.75) is 89.1 Å². The number of aromatic nitrogens is 1. The maximum Gasteiger partial charge on any atom is 0.123 e. The lowest BCUT2D eigenvalue weighted by Gasteiger charge is -2.25. The number of benzene rings is 2. The van der Waals surface area contributed by atoms with Crippen molar-refractivity contribution < 1.29 is 4.39 Å². The van der Waals surface area contributed by atoms with E-state index in [9.17, 15) is 4.39 Å². The molecule has 0 saturated heterocycles. The Bertz CT molecular complexity index is 1030. The first-order chi connectivity index (χ1) is 16.3. The summed E-state index contributed by atoms with van der Waals surface area (Å²) in [6.07, 6.45) is 16.9. The van der Waals surface area contributed by atoms with Crippen molar-refractivity contribution in [1.82, 2.24) is 9.88 Å². The molecular weight excluding hydrogens is 407 g/mol. The maximum atomic E-state index is 14.3. The summed E-state index contributed by atoms with van der Waals surface area (Å²) in [6, 6.07) is 16.8. The molecule has 2 aliphatic rings. The fourth-order valence-electron chi connectivity index (χ4n) is 6.32. The molecule has 3 aromatic rings. The quantitative estimate of drug-likeness (QED) is 0.373. The summed E-state index contributed by atoms with van der Waals surface area (Å²) in [4.78, 5) is 0. The zero-order chi connectivity index (χ0) is 22.5. The van der Waals surface area contributed by atoms with Crippen LogP contribution < -0.4 is 5.32 Å². The van der Waals surface area contributed by atoms with E-state index >= 15 is 0 Å². The summed E-state index contributed by atoms with van der Waals surface area (Å²) < 4.78 is 16.8. The van der Waals surface area contributed by atoms with Gasteiger partial charge in [0.15, 0.2) is 0 Å². The average Bonchev–Trinajstić information content (AvgIpc) is 3.21. The Kier molecular flexibility index (Phi) is 7.46. The molecule has 2 saturated carbocycles. The lowest BCUT2D eigenvalue weighted by atomic mass is 9.87. The minimum atomic E-state index is -0.135. The lowest BCUT2D eigenvalue weighted by Crippen LogP contribution is -2.32. The molecule has 0 aliphatic heterocycles. The van der Waals surface area contributed by atoms with Crippen molar-refractivity contribution in [2.75, 3.05) is 6.54 Å². The first-order valence-corrected chi connectivity index (χ1v) is 13.3. The number of nitrogens with zero attached hydrogens (tertiary/aromatic N) is 1. The fraction of sp³-hybridized carbons (Fsp3) is 0.533. The van der Waals surface area contributed by atoms with E-state index in [-0.39, 0.29) is 11.7 Å². The Balaban J connectivity index is 1.43. The standard InChI is InChI=1S/C30H39FN2/c31-25-13-9-12-24(20-25)27(18-19-32-26-14-5-2-6-15-26)29-22-33(21-23-10-3-1-4-11-23)30-17-8-7-16-28(29)30/h7-9,12-13,16-17,20,22-23,26-27,32H,1-6,10-11,14-15,18-19,21H2. The smallest absolute Gasteiger partial charge is 0.123 e. The molecule has 0 spiro atoms. The monoisotopic (exact) mass is 446 g/mol. The molecule has 0 radical (unpaired) electrons. The molecule has 1 atom stereocenters. The van der Waals surface area contributed by atoms with E-state index in [2.05, 4.69) is 46.4 Å². The first kappa shape index (κ1) is 22.7. The van der Waals surface area contributed by atoms with E-state index in [0.29, 0.717) is 6.04 Å². The van der Waals surface area contributed by atoms with Gasteiger partial charge in [0.1, 0.15) is 5.82 Å². The zero-order valence-electron chi connectivity index (χ0n) is 19.9. The molecule has 1 heterocycles. The molecule has 33 heavy (non-hydrogen) atoms. The average molecular weight is 447 g/mol. The summed E-state index contributed by atoms with van der Waals surface area (Å²) in [5, 5.41) is 5.16. The van der Waals surface area contributed by atoms with Crippen LogP contribution in [0, 0.1) is 11.7 Å². The second-order valence-electron chi connectivity index (χ2n) is 10.4. The Morgan fingerprint density at radius 3 is 2.42 bits per heavy atom. The fourth-order valence-corrected chi connectivity index (χ4v) is 6.32. The van der Waals surface area contributed by atoms with Crippen LogP contribution in [-0.2, 0) is 6.54 Å². The summed E-state index contributed by atoms with van der Waals surface area (Å²) in [5.74, 6) is 0.848. The van der Waals surface area contributed by atoms with Crippen LogP contribution in [0.4, 0.5) is 4.39 Å². The highest BCUT2D eigenvalue weighted by molar-refractivity contribution is 5.85. The normalized spacial score (nSPS) is 19.2. The van der Waals surface area contributed by atoms with Gasteiger partial charge in [-0.15, -0.1) is 0 Å².